The van der Waals surface area contributed by atoms with E-state index in [2.05, 4.69) is 58.3 Å². The Labute approximate surface area is 176 Å². The van der Waals surface area contributed by atoms with E-state index >= 15 is 0 Å². The maximum absolute atomic E-state index is 2.43. The predicted molar refractivity (Wildman–Crippen MR) is 117 cm³/mol. The Morgan fingerprint density at radius 2 is 1.15 bits per heavy atom. The Hall–Kier alpha value is -0.530. The number of nitrogens with zero attached hydrogens (tertiary/aromatic N) is 1. The topological polar surface area (TPSA) is 0 Å². The van der Waals surface area contributed by atoms with Crippen LogP contribution in [-0.2, 0) is 6.54 Å². The molecule has 0 aliphatic heterocycles. The van der Waals surface area contributed by atoms with Gasteiger partial charge in [0.05, 0.1) is 20.1 Å². The first kappa shape index (κ1) is 26.5. The molecule has 0 aromatic heterocycles. The highest BCUT2D eigenvalue weighted by atomic mass is 35.5. The van der Waals surface area contributed by atoms with Crippen molar-refractivity contribution in [3.8, 4) is 0 Å². The van der Waals surface area contributed by atoms with Crippen LogP contribution in [0.5, 0.6) is 0 Å². The number of hydrogen-bond donors (Lipinski definition) is 0. The fourth-order valence-corrected chi connectivity index (χ4v) is 3.84. The van der Waals surface area contributed by atoms with E-state index in [0.29, 0.717) is 0 Å². The lowest BCUT2D eigenvalue weighted by Gasteiger charge is -2.36. The summed E-state index contributed by atoms with van der Waals surface area (Å²) in [6.07, 6.45) is 18.6. The van der Waals surface area contributed by atoms with Gasteiger partial charge in [0.1, 0.15) is 6.54 Å². The fourth-order valence-electron chi connectivity index (χ4n) is 3.84. The Morgan fingerprint density at radius 1 is 0.704 bits per heavy atom. The number of unbranched alkanes of at least 4 members (excludes halogenated alkanes) is 11. The minimum absolute atomic E-state index is 0. The summed E-state index contributed by atoms with van der Waals surface area (Å²) in [5.74, 6) is 0. The zero-order valence-electron chi connectivity index (χ0n) is 18.7. The van der Waals surface area contributed by atoms with Crippen LogP contribution in [-0.4, -0.2) is 24.6 Å². The second-order valence-corrected chi connectivity index (χ2v) is 8.95. The molecule has 0 aliphatic rings. The molecule has 1 unspecified atom stereocenters. The Balaban J connectivity index is 0.00000676. The van der Waals surface area contributed by atoms with Crippen molar-refractivity contribution in [2.45, 2.75) is 110 Å². The third-order valence-corrected chi connectivity index (χ3v) is 6.10. The molecule has 0 aliphatic carbocycles. The first-order valence-corrected chi connectivity index (χ1v) is 11.4. The van der Waals surface area contributed by atoms with E-state index in [0.717, 1.165) is 17.1 Å². The summed E-state index contributed by atoms with van der Waals surface area (Å²) in [5, 5.41) is 0. The fraction of sp³-hybridized carbons (Fsp3) is 0.760. The summed E-state index contributed by atoms with van der Waals surface area (Å²) in [4.78, 5) is 0. The SMILES string of the molecule is CCCCCCCCCCCCCCC(C)[N+](C)(C)Cc1ccccc1.[Cl-]. The highest BCUT2D eigenvalue weighted by Crippen LogP contribution is 2.19. The maximum atomic E-state index is 2.43. The quantitative estimate of drug-likeness (QED) is 0.280. The number of halogens is 1. The van der Waals surface area contributed by atoms with Crippen LogP contribution < -0.4 is 12.4 Å². The van der Waals surface area contributed by atoms with Crippen molar-refractivity contribution in [2.24, 2.45) is 0 Å². The molecule has 0 bridgehead atoms. The molecule has 0 fully saturated rings. The first-order chi connectivity index (χ1) is 12.6. The van der Waals surface area contributed by atoms with Crippen LogP contribution in [0.1, 0.15) is 103 Å². The number of rotatable bonds is 16. The lowest BCUT2D eigenvalue weighted by Crippen LogP contribution is -3.00. The van der Waals surface area contributed by atoms with Gasteiger partial charge in [-0.25, -0.2) is 0 Å². The highest BCUT2D eigenvalue weighted by Gasteiger charge is 2.23. The van der Waals surface area contributed by atoms with Crippen LogP contribution in [0, 0.1) is 0 Å². The summed E-state index contributed by atoms with van der Waals surface area (Å²) < 4.78 is 1.10. The molecule has 0 heterocycles. The summed E-state index contributed by atoms with van der Waals surface area (Å²) in [5.41, 5.74) is 1.46. The zero-order chi connectivity index (χ0) is 19.1. The van der Waals surface area contributed by atoms with Gasteiger partial charge in [0, 0.05) is 5.56 Å². The average Bonchev–Trinajstić information content (AvgIpc) is 2.63. The van der Waals surface area contributed by atoms with E-state index in [1.807, 2.05) is 0 Å². The third-order valence-electron chi connectivity index (χ3n) is 6.10. The molecule has 1 aromatic carbocycles. The van der Waals surface area contributed by atoms with Gasteiger partial charge in [-0.15, -0.1) is 0 Å². The molecule has 1 rings (SSSR count). The second-order valence-electron chi connectivity index (χ2n) is 8.95. The predicted octanol–water partition coefficient (Wildman–Crippen LogP) is 4.75. The molecule has 2 heteroatoms. The van der Waals surface area contributed by atoms with Crippen molar-refractivity contribution in [3.05, 3.63) is 35.9 Å². The lowest BCUT2D eigenvalue weighted by atomic mass is 10.0. The number of hydrogen-bond acceptors (Lipinski definition) is 0. The van der Waals surface area contributed by atoms with E-state index in [4.69, 9.17) is 0 Å². The molecule has 1 atom stereocenters. The second kappa shape index (κ2) is 16.4. The van der Waals surface area contributed by atoms with Crippen LogP contribution in [0.2, 0.25) is 0 Å². The van der Waals surface area contributed by atoms with E-state index < -0.39 is 0 Å². The Morgan fingerprint density at radius 3 is 1.63 bits per heavy atom. The first-order valence-electron chi connectivity index (χ1n) is 11.4. The van der Waals surface area contributed by atoms with Gasteiger partial charge in [-0.05, 0) is 19.8 Å². The molecule has 1 aromatic rings. The minimum Gasteiger partial charge on any atom is -1.00 e. The highest BCUT2D eigenvalue weighted by molar-refractivity contribution is 5.13. The normalized spacial score (nSPS) is 12.6. The van der Waals surface area contributed by atoms with E-state index in [1.54, 1.807) is 0 Å². The molecule has 0 radical (unpaired) electrons. The monoisotopic (exact) mass is 395 g/mol. The van der Waals surface area contributed by atoms with Crippen LogP contribution in [0.3, 0.4) is 0 Å². The zero-order valence-corrected chi connectivity index (χ0v) is 19.4. The Kier molecular flexibility index (Phi) is 16.1. The molecule has 0 spiro atoms. The van der Waals surface area contributed by atoms with E-state index in [9.17, 15) is 0 Å². The maximum Gasteiger partial charge on any atom is 0.104 e. The van der Waals surface area contributed by atoms with Crippen molar-refractivity contribution in [1.82, 2.24) is 0 Å². The van der Waals surface area contributed by atoms with Gasteiger partial charge in [0.25, 0.3) is 0 Å². The van der Waals surface area contributed by atoms with Crippen LogP contribution in [0.4, 0.5) is 0 Å². The summed E-state index contributed by atoms with van der Waals surface area (Å²) in [7, 11) is 4.77. The van der Waals surface area contributed by atoms with Gasteiger partial charge >= 0.3 is 0 Å². The lowest BCUT2D eigenvalue weighted by molar-refractivity contribution is -0.926. The molecule has 0 amide bonds. The van der Waals surface area contributed by atoms with Gasteiger partial charge in [0.15, 0.2) is 0 Å². The van der Waals surface area contributed by atoms with Gasteiger partial charge in [-0.2, -0.15) is 0 Å². The third kappa shape index (κ3) is 13.3. The van der Waals surface area contributed by atoms with Crippen LogP contribution in [0.15, 0.2) is 30.3 Å². The van der Waals surface area contributed by atoms with Gasteiger partial charge in [-0.3, -0.25) is 0 Å². The molecule has 0 N–H and O–H groups in total. The van der Waals surface area contributed by atoms with E-state index in [1.165, 1.54) is 89.0 Å². The molecule has 27 heavy (non-hydrogen) atoms. The van der Waals surface area contributed by atoms with Crippen LogP contribution >= 0.6 is 0 Å². The largest absolute Gasteiger partial charge is 1.00 e. The van der Waals surface area contributed by atoms with Crippen molar-refractivity contribution in [2.75, 3.05) is 14.1 Å². The van der Waals surface area contributed by atoms with Crippen molar-refractivity contribution in [3.63, 3.8) is 0 Å². The van der Waals surface area contributed by atoms with Crippen LogP contribution in [0.25, 0.3) is 0 Å². The van der Waals surface area contributed by atoms with E-state index in [-0.39, 0.29) is 12.4 Å². The molecule has 0 saturated carbocycles. The molecule has 158 valence electrons. The van der Waals surface area contributed by atoms with Crippen molar-refractivity contribution >= 4 is 0 Å². The number of quaternary nitrogens is 1. The average molecular weight is 396 g/mol. The molecule has 0 saturated heterocycles. The standard InChI is InChI=1S/C25H46N.ClH/c1-5-6-7-8-9-10-11-12-13-14-15-17-20-24(2)26(3,4)23-25-21-18-16-19-22-25;/h16,18-19,21-22,24H,5-15,17,20,23H2,1-4H3;1H/q+1;/p-1. The summed E-state index contributed by atoms with van der Waals surface area (Å²) >= 11 is 0. The minimum atomic E-state index is 0. The van der Waals surface area contributed by atoms with Crippen molar-refractivity contribution < 1.29 is 16.9 Å². The summed E-state index contributed by atoms with van der Waals surface area (Å²) in [6, 6.07) is 11.7. The smallest absolute Gasteiger partial charge is 0.104 e. The summed E-state index contributed by atoms with van der Waals surface area (Å²) in [6.45, 7) is 5.87. The van der Waals surface area contributed by atoms with Gasteiger partial charge in [-0.1, -0.05) is 108 Å². The molecular formula is C25H46ClN. The van der Waals surface area contributed by atoms with Gasteiger partial charge in [0.2, 0.25) is 0 Å². The van der Waals surface area contributed by atoms with Crippen molar-refractivity contribution in [1.29, 1.82) is 0 Å². The molecular weight excluding hydrogens is 350 g/mol. The Bertz CT molecular complexity index is 429. The number of benzene rings is 1. The molecule has 1 nitrogen and oxygen atoms in total. The van der Waals surface area contributed by atoms with Gasteiger partial charge < -0.3 is 16.9 Å².